The molecule has 1 aliphatic carbocycles. The van der Waals surface area contributed by atoms with Gasteiger partial charge in [-0.2, -0.15) is 0 Å². The molecule has 6 aromatic carbocycles. The highest BCUT2D eigenvalue weighted by molar-refractivity contribution is 5.70. The fourth-order valence-electron chi connectivity index (χ4n) is 12.2. The van der Waals surface area contributed by atoms with Gasteiger partial charge in [0.1, 0.15) is 118 Å². The highest BCUT2D eigenvalue weighted by Crippen LogP contribution is 2.37. The lowest BCUT2D eigenvalue weighted by atomic mass is 9.83. The van der Waals surface area contributed by atoms with Crippen LogP contribution in [0.4, 0.5) is 24.0 Å². The van der Waals surface area contributed by atoms with Crippen molar-refractivity contribution in [3.8, 4) is 0 Å². The Morgan fingerprint density at radius 1 is 0.369 bits per heavy atom. The molecule has 0 radical (unpaired) electrons. The summed E-state index contributed by atoms with van der Waals surface area (Å²) in [5, 5.41) is 98.2. The fourth-order valence-corrected chi connectivity index (χ4v) is 12.2. The molecule has 0 spiro atoms. The van der Waals surface area contributed by atoms with Gasteiger partial charge in [-0.05, 0) is 52.8 Å². The molecule has 4 fully saturated rings. The van der Waals surface area contributed by atoms with Crippen molar-refractivity contribution in [2.24, 2.45) is 0 Å². The molecule has 10 rings (SSSR count). The molecule has 3 saturated heterocycles. The molecule has 0 aromatic heterocycles. The van der Waals surface area contributed by atoms with E-state index in [4.69, 9.17) is 56.8 Å². The molecule has 4 aliphatic rings. The van der Waals surface area contributed by atoms with Gasteiger partial charge in [0.2, 0.25) is 0 Å². The number of hydrogen-bond acceptors (Lipinski definition) is 25. The Morgan fingerprint density at radius 3 is 1.18 bits per heavy atom. The normalized spacial score (nSPS) is 28.2. The molecule has 19 atom stereocenters. The number of aliphatic hydroxyl groups excluding tert-OH is 7. The van der Waals surface area contributed by atoms with Crippen molar-refractivity contribution in [2.45, 2.75) is 162 Å². The molecule has 103 heavy (non-hydrogen) atoms. The van der Waals surface area contributed by atoms with Gasteiger partial charge in [0.25, 0.3) is 0 Å². The molecule has 1 unspecified atom stereocenters. The minimum atomic E-state index is -1.97. The van der Waals surface area contributed by atoms with Gasteiger partial charge in [-0.15, -0.1) is 0 Å². The quantitative estimate of drug-likeness (QED) is 0.0220. The van der Waals surface area contributed by atoms with E-state index in [-0.39, 0.29) is 46.2 Å². The summed E-state index contributed by atoms with van der Waals surface area (Å²) in [6.07, 6.45) is -31.8. The number of nitrogens with one attached hydrogen (secondary N) is 6. The molecular weight excluding hydrogens is 1340 g/mol. The molecule has 0 bridgehead atoms. The maximum Gasteiger partial charge on any atom is 0.407 e. The number of benzene rings is 6. The average Bonchev–Trinajstić information content (AvgIpc) is 1.75. The highest BCUT2D eigenvalue weighted by Gasteiger charge is 2.57. The van der Waals surface area contributed by atoms with Crippen LogP contribution < -0.4 is 31.9 Å². The first-order valence-corrected chi connectivity index (χ1v) is 33.9. The maximum atomic E-state index is 14.3. The Balaban J connectivity index is 0.994. The van der Waals surface area contributed by atoms with E-state index in [2.05, 4.69) is 31.9 Å². The third kappa shape index (κ3) is 22.3. The third-order valence-electron chi connectivity index (χ3n) is 17.6. The number of carbonyl (C=O) groups excluding carboxylic acids is 5. The van der Waals surface area contributed by atoms with Crippen molar-refractivity contribution in [1.29, 1.82) is 0 Å². The zero-order valence-electron chi connectivity index (χ0n) is 56.1. The Hall–Kier alpha value is -8.93. The van der Waals surface area contributed by atoms with Crippen LogP contribution in [-0.4, -0.2) is 222 Å². The van der Waals surface area contributed by atoms with E-state index >= 15 is 0 Å². The van der Waals surface area contributed by atoms with Crippen LogP contribution in [0.2, 0.25) is 0 Å². The Labute approximate surface area is 593 Å². The monoisotopic (exact) mass is 1430 g/mol. The zero-order chi connectivity index (χ0) is 72.5. The summed E-state index contributed by atoms with van der Waals surface area (Å²) in [7, 11) is 0. The van der Waals surface area contributed by atoms with Gasteiger partial charge in [0, 0.05) is 13.1 Å². The molecule has 13 N–H and O–H groups in total. The van der Waals surface area contributed by atoms with Crippen LogP contribution in [0, 0.1) is 0 Å². The lowest BCUT2D eigenvalue weighted by Crippen LogP contribution is -2.70. The van der Waals surface area contributed by atoms with Crippen molar-refractivity contribution in [2.75, 3.05) is 39.5 Å². The summed E-state index contributed by atoms with van der Waals surface area (Å²) < 4.78 is 74.0. The zero-order valence-corrected chi connectivity index (χ0v) is 56.1. The minimum absolute atomic E-state index is 0.124. The van der Waals surface area contributed by atoms with E-state index in [1.165, 1.54) is 0 Å². The SMILES string of the molecule is O=C(NCC1O[C@H](O[C@H]2[C@@H](OCCNCCc3ccccc3)[C@H](O[C@@H]3[C@@H](O)[C@H](NC(=O)OCc4ccccc4)C[C@H](NC(=O)OCc4ccccc4)[C@H]3O[C@H]3O[C@H](CO)[C@@H](O)[C@H](O)[C@H]3NC(=O)OCc3ccccc3)O[C@@H]2CO)[C@H](NC(=O)OCc2ccccc2)[C@@H](O)[C@@H]1O)OCc1ccccc1. The first-order valence-electron chi connectivity index (χ1n) is 33.9. The van der Waals surface area contributed by atoms with Crippen LogP contribution >= 0.6 is 0 Å². The average molecular weight is 1430 g/mol. The van der Waals surface area contributed by atoms with Crippen molar-refractivity contribution in [3.05, 3.63) is 215 Å². The lowest BCUT2D eigenvalue weighted by molar-refractivity contribution is -0.315. The third-order valence-corrected chi connectivity index (χ3v) is 17.6. The molecule has 30 heteroatoms. The van der Waals surface area contributed by atoms with Gasteiger partial charge in [0.15, 0.2) is 18.9 Å². The minimum Gasteiger partial charge on any atom is -0.445 e. The van der Waals surface area contributed by atoms with Gasteiger partial charge >= 0.3 is 30.5 Å². The molecule has 30 nitrogen and oxygen atoms in total. The van der Waals surface area contributed by atoms with Crippen LogP contribution in [0.3, 0.4) is 0 Å². The van der Waals surface area contributed by atoms with E-state index in [9.17, 15) is 59.7 Å². The van der Waals surface area contributed by atoms with Crippen LogP contribution in [0.5, 0.6) is 0 Å². The number of aliphatic hydroxyl groups is 7. The number of hydrogen-bond donors (Lipinski definition) is 13. The summed E-state index contributed by atoms with van der Waals surface area (Å²) in [5.41, 5.74) is 4.09. The Morgan fingerprint density at radius 2 is 0.738 bits per heavy atom. The molecule has 6 aromatic rings. The van der Waals surface area contributed by atoms with Crippen LogP contribution in [0.25, 0.3) is 0 Å². The summed E-state index contributed by atoms with van der Waals surface area (Å²) in [6, 6.07) is 46.6. The van der Waals surface area contributed by atoms with Gasteiger partial charge in [-0.25, -0.2) is 24.0 Å². The van der Waals surface area contributed by atoms with Crippen LogP contribution in [0.15, 0.2) is 182 Å². The van der Waals surface area contributed by atoms with E-state index in [1.54, 1.807) is 152 Å². The number of carbonyl (C=O) groups is 5. The standard InChI is InChI=1S/C73H88N6O24/c80-37-53-59(84)61(86)56(79-73(91)97-43-49-29-17-6-18-30-49)67(99-53)101-62-51(77-71(89)95-41-47-25-13-4-14-26-47)35-50(76-70(88)94-40-46-23-11-3-12-24-46)57(82)64(62)103-68-65(92-34-33-74-32-31-44-19-7-1-8-20-44)63(54(38-81)100-68)102-66-55(78-72(90)96-42-48-27-15-5-16-28-48)60(85)58(83)52(98-66)36-75-69(87)93-39-45-21-9-2-10-22-45/h1-30,50-68,74,80-86H,31-43H2,(H,75,87)(H,76,88)(H,77,89)(H,78,90)(H,79,91)/t50-,51+,52?,53-,54-,55-,56-,57+,58-,59-,60-,61-,62-,63-,64-,65-,66-,67-,68+/m1/s1. The van der Waals surface area contributed by atoms with Gasteiger partial charge in [-0.3, -0.25) is 0 Å². The number of rotatable bonds is 31. The fraction of sp³-hybridized carbons (Fsp3) is 0.438. The molecule has 3 heterocycles. The summed E-state index contributed by atoms with van der Waals surface area (Å²) in [5.74, 6) is 0. The maximum absolute atomic E-state index is 14.3. The first kappa shape index (κ1) is 76.7. The van der Waals surface area contributed by atoms with Gasteiger partial charge < -0.3 is 124 Å². The second-order valence-electron chi connectivity index (χ2n) is 24.8. The van der Waals surface area contributed by atoms with Crippen molar-refractivity contribution < 1.29 is 117 Å². The van der Waals surface area contributed by atoms with Gasteiger partial charge in [-0.1, -0.05) is 182 Å². The highest BCUT2D eigenvalue weighted by atomic mass is 16.8. The molecule has 3 aliphatic heterocycles. The van der Waals surface area contributed by atoms with E-state index in [1.807, 2.05) is 30.3 Å². The first-order chi connectivity index (χ1) is 50.1. The van der Waals surface area contributed by atoms with Crippen LogP contribution in [0.1, 0.15) is 39.8 Å². The van der Waals surface area contributed by atoms with E-state index in [0.29, 0.717) is 40.8 Å². The van der Waals surface area contributed by atoms with Gasteiger partial charge in [0.05, 0.1) is 31.9 Å². The topological polar surface area (TPSA) is 410 Å². The molecule has 554 valence electrons. The molecule has 1 saturated carbocycles. The predicted molar refractivity (Wildman–Crippen MR) is 361 cm³/mol. The Bertz CT molecular complexity index is 3540. The lowest BCUT2D eigenvalue weighted by Gasteiger charge is -2.49. The number of ether oxygens (including phenoxy) is 12. The predicted octanol–water partition coefficient (Wildman–Crippen LogP) is 2.83. The summed E-state index contributed by atoms with van der Waals surface area (Å²) in [4.78, 5) is 69.0. The van der Waals surface area contributed by atoms with Crippen LogP contribution in [-0.2, 0) is 96.3 Å². The smallest absolute Gasteiger partial charge is 0.407 e. The number of alkyl carbamates (subject to hydrolysis) is 5. The second-order valence-corrected chi connectivity index (χ2v) is 24.8. The summed E-state index contributed by atoms with van der Waals surface area (Å²) in [6.45, 7) is -2.94. The Kier molecular flexibility index (Phi) is 29.1. The van der Waals surface area contributed by atoms with E-state index < -0.39 is 173 Å². The summed E-state index contributed by atoms with van der Waals surface area (Å²) >= 11 is 0. The number of amides is 5. The largest absolute Gasteiger partial charge is 0.445 e. The molecular formula is C73H88N6O24. The molecule has 5 amide bonds. The van der Waals surface area contributed by atoms with Crippen molar-refractivity contribution >= 4 is 30.5 Å². The second kappa shape index (κ2) is 39.1. The van der Waals surface area contributed by atoms with E-state index in [0.717, 1.165) is 5.56 Å². The van der Waals surface area contributed by atoms with Crippen molar-refractivity contribution in [3.63, 3.8) is 0 Å². The van der Waals surface area contributed by atoms with Crippen molar-refractivity contribution in [1.82, 2.24) is 31.9 Å².